The molecule has 0 radical (unpaired) electrons. The Morgan fingerprint density at radius 1 is 1.42 bits per heavy atom. The summed E-state index contributed by atoms with van der Waals surface area (Å²) in [5, 5.41) is 9.55. The molecule has 0 aromatic heterocycles. The van der Waals surface area contributed by atoms with Gasteiger partial charge in [0.05, 0.1) is 0 Å². The van der Waals surface area contributed by atoms with E-state index in [1.54, 1.807) is 0 Å². The van der Waals surface area contributed by atoms with Crippen LogP contribution in [-0.4, -0.2) is 34.7 Å². The number of amides is 2. The van der Waals surface area contributed by atoms with Crippen LogP contribution in [0.15, 0.2) is 30.3 Å². The summed E-state index contributed by atoms with van der Waals surface area (Å²) < 4.78 is 5.09. The second kappa shape index (κ2) is 5.84. The first kappa shape index (κ1) is 13.5. The number of carbonyl (C=O) groups is 2. The highest BCUT2D eigenvalue weighted by Gasteiger charge is 2.35. The average molecular weight is 263 g/mol. The van der Waals surface area contributed by atoms with Gasteiger partial charge in [0.2, 0.25) is 0 Å². The lowest BCUT2D eigenvalue weighted by Crippen LogP contribution is -2.50. The van der Waals surface area contributed by atoms with Gasteiger partial charge in [0.1, 0.15) is 12.7 Å². The van der Waals surface area contributed by atoms with Crippen LogP contribution in [0.2, 0.25) is 0 Å². The summed E-state index contributed by atoms with van der Waals surface area (Å²) in [4.78, 5) is 24.5. The van der Waals surface area contributed by atoms with Crippen molar-refractivity contribution in [2.24, 2.45) is 5.92 Å². The van der Waals surface area contributed by atoms with Crippen LogP contribution in [0.3, 0.4) is 0 Å². The predicted molar refractivity (Wildman–Crippen MR) is 68.1 cm³/mol. The molecule has 0 saturated carbocycles. The standard InChI is InChI=1S/C14H17NO4/c1-10-7-12(16)13(17)15(8-10)14(18)19-9-11-5-3-2-4-6-11/h2-6,10,12,16H,7-9H2,1H3/t10-,12-/m0/s1. The molecule has 0 spiro atoms. The normalized spacial score (nSPS) is 23.3. The third kappa shape index (κ3) is 3.32. The Kier molecular flexibility index (Phi) is 4.16. The number of likely N-dealkylation sites (tertiary alicyclic amines) is 1. The zero-order valence-corrected chi connectivity index (χ0v) is 10.8. The van der Waals surface area contributed by atoms with Gasteiger partial charge in [-0.1, -0.05) is 37.3 Å². The average Bonchev–Trinajstić information content (AvgIpc) is 2.41. The molecule has 1 N–H and O–H groups in total. The van der Waals surface area contributed by atoms with E-state index >= 15 is 0 Å². The van der Waals surface area contributed by atoms with Gasteiger partial charge in [0.25, 0.3) is 5.91 Å². The zero-order valence-electron chi connectivity index (χ0n) is 10.8. The maximum Gasteiger partial charge on any atom is 0.416 e. The van der Waals surface area contributed by atoms with E-state index < -0.39 is 18.1 Å². The maximum absolute atomic E-state index is 11.8. The Hall–Kier alpha value is -1.88. The number of aliphatic hydroxyl groups excluding tert-OH is 1. The third-order valence-electron chi connectivity index (χ3n) is 3.10. The second-order valence-corrected chi connectivity index (χ2v) is 4.85. The van der Waals surface area contributed by atoms with Gasteiger partial charge < -0.3 is 9.84 Å². The molecular weight excluding hydrogens is 246 g/mol. The number of benzene rings is 1. The van der Waals surface area contributed by atoms with Gasteiger partial charge in [0.15, 0.2) is 0 Å². The van der Waals surface area contributed by atoms with Gasteiger partial charge in [-0.2, -0.15) is 0 Å². The molecule has 0 aliphatic carbocycles. The van der Waals surface area contributed by atoms with Crippen molar-refractivity contribution in [2.75, 3.05) is 6.54 Å². The lowest BCUT2D eigenvalue weighted by atomic mass is 9.98. The molecule has 0 bridgehead atoms. The summed E-state index contributed by atoms with van der Waals surface area (Å²) in [6.45, 7) is 2.30. The summed E-state index contributed by atoms with van der Waals surface area (Å²) in [5.41, 5.74) is 0.855. The van der Waals surface area contributed by atoms with Crippen molar-refractivity contribution in [2.45, 2.75) is 26.1 Å². The van der Waals surface area contributed by atoms with Crippen LogP contribution in [-0.2, 0) is 16.1 Å². The Bertz CT molecular complexity index is 460. The molecule has 1 aliphatic heterocycles. The monoisotopic (exact) mass is 263 g/mol. The van der Waals surface area contributed by atoms with Crippen LogP contribution in [0.1, 0.15) is 18.9 Å². The first-order valence-corrected chi connectivity index (χ1v) is 6.28. The molecule has 2 amide bonds. The van der Waals surface area contributed by atoms with Crippen molar-refractivity contribution in [3.63, 3.8) is 0 Å². The number of aliphatic hydroxyl groups is 1. The second-order valence-electron chi connectivity index (χ2n) is 4.85. The summed E-state index contributed by atoms with van der Waals surface area (Å²) in [6, 6.07) is 9.24. The molecule has 1 heterocycles. The Labute approximate surface area is 111 Å². The van der Waals surface area contributed by atoms with Gasteiger partial charge in [-0.25, -0.2) is 9.69 Å². The van der Waals surface area contributed by atoms with Gasteiger partial charge in [-0.15, -0.1) is 0 Å². The molecule has 1 aromatic rings. The molecule has 0 unspecified atom stereocenters. The van der Waals surface area contributed by atoms with Crippen molar-refractivity contribution in [1.82, 2.24) is 4.90 Å². The van der Waals surface area contributed by atoms with E-state index in [-0.39, 0.29) is 12.5 Å². The predicted octanol–water partition coefficient (Wildman–Crippen LogP) is 1.55. The number of carbonyl (C=O) groups excluding carboxylic acids is 2. The molecule has 5 nitrogen and oxygen atoms in total. The first-order chi connectivity index (χ1) is 9.08. The minimum atomic E-state index is -1.10. The molecule has 5 heteroatoms. The van der Waals surface area contributed by atoms with Crippen molar-refractivity contribution < 1.29 is 19.4 Å². The summed E-state index contributed by atoms with van der Waals surface area (Å²) in [5.74, 6) is -0.492. The largest absolute Gasteiger partial charge is 0.444 e. The van der Waals surface area contributed by atoms with Crippen LogP contribution in [0.5, 0.6) is 0 Å². The van der Waals surface area contributed by atoms with Gasteiger partial charge in [-0.3, -0.25) is 4.79 Å². The minimum Gasteiger partial charge on any atom is -0.444 e. The minimum absolute atomic E-state index is 0.0805. The third-order valence-corrected chi connectivity index (χ3v) is 3.10. The van der Waals surface area contributed by atoms with Crippen molar-refractivity contribution in [3.8, 4) is 0 Å². The highest BCUT2D eigenvalue weighted by atomic mass is 16.6. The zero-order chi connectivity index (χ0) is 13.8. The fourth-order valence-corrected chi connectivity index (χ4v) is 2.10. The molecule has 1 saturated heterocycles. The number of ether oxygens (including phenoxy) is 1. The Morgan fingerprint density at radius 3 is 2.79 bits per heavy atom. The van der Waals surface area contributed by atoms with Crippen LogP contribution in [0.4, 0.5) is 4.79 Å². The van der Waals surface area contributed by atoms with E-state index in [4.69, 9.17) is 4.74 Å². The number of imide groups is 1. The molecule has 1 fully saturated rings. The van der Waals surface area contributed by atoms with Crippen LogP contribution in [0.25, 0.3) is 0 Å². The van der Waals surface area contributed by atoms with Gasteiger partial charge in [0, 0.05) is 6.54 Å². The van der Waals surface area contributed by atoms with Gasteiger partial charge >= 0.3 is 6.09 Å². The molecule has 1 aliphatic rings. The highest BCUT2D eigenvalue weighted by molar-refractivity contribution is 5.95. The number of rotatable bonds is 2. The SMILES string of the molecule is C[C@H]1C[C@H](O)C(=O)N(C(=O)OCc2ccccc2)C1. The molecule has 2 rings (SSSR count). The van der Waals surface area contributed by atoms with E-state index in [0.29, 0.717) is 13.0 Å². The summed E-state index contributed by atoms with van der Waals surface area (Å²) >= 11 is 0. The number of piperidine rings is 1. The van der Waals surface area contributed by atoms with E-state index in [2.05, 4.69) is 0 Å². The van der Waals surface area contributed by atoms with Crippen molar-refractivity contribution >= 4 is 12.0 Å². The van der Waals surface area contributed by atoms with Crippen molar-refractivity contribution in [3.05, 3.63) is 35.9 Å². The molecule has 19 heavy (non-hydrogen) atoms. The van der Waals surface area contributed by atoms with Crippen LogP contribution in [0, 0.1) is 5.92 Å². The first-order valence-electron chi connectivity index (χ1n) is 6.28. The number of nitrogens with zero attached hydrogens (tertiary/aromatic N) is 1. The highest BCUT2D eigenvalue weighted by Crippen LogP contribution is 2.18. The molecule has 102 valence electrons. The summed E-state index contributed by atoms with van der Waals surface area (Å²) in [7, 11) is 0. The number of hydrogen-bond acceptors (Lipinski definition) is 4. The lowest BCUT2D eigenvalue weighted by Gasteiger charge is -2.31. The van der Waals surface area contributed by atoms with E-state index in [1.807, 2.05) is 37.3 Å². The quantitative estimate of drug-likeness (QED) is 0.879. The topological polar surface area (TPSA) is 66.8 Å². The number of hydrogen-bond donors (Lipinski definition) is 1. The van der Waals surface area contributed by atoms with Gasteiger partial charge in [-0.05, 0) is 17.9 Å². The van der Waals surface area contributed by atoms with E-state index in [1.165, 1.54) is 0 Å². The maximum atomic E-state index is 11.8. The smallest absolute Gasteiger partial charge is 0.416 e. The summed E-state index contributed by atoms with van der Waals surface area (Å²) in [6.07, 6.45) is -1.41. The molecular formula is C14H17NO4. The Morgan fingerprint density at radius 2 is 2.11 bits per heavy atom. The molecule has 2 atom stereocenters. The Balaban J connectivity index is 1.94. The van der Waals surface area contributed by atoms with Crippen LogP contribution >= 0.6 is 0 Å². The van der Waals surface area contributed by atoms with E-state index in [0.717, 1.165) is 10.5 Å². The fraction of sp³-hybridized carbons (Fsp3) is 0.429. The lowest BCUT2D eigenvalue weighted by molar-refractivity contribution is -0.143. The molecule has 1 aromatic carbocycles. The van der Waals surface area contributed by atoms with Crippen molar-refractivity contribution in [1.29, 1.82) is 0 Å². The van der Waals surface area contributed by atoms with E-state index in [9.17, 15) is 14.7 Å². The van der Waals surface area contributed by atoms with Crippen LogP contribution < -0.4 is 0 Å². The fourth-order valence-electron chi connectivity index (χ4n) is 2.10.